The zero-order chi connectivity index (χ0) is 23.5. The number of hydrogen-bond acceptors (Lipinski definition) is 8. The number of nitrogen functional groups attached to an aromatic ring is 1. The maximum Gasteiger partial charge on any atom is 0.244 e. The molecular formula is C23H23N7O4. The highest BCUT2D eigenvalue weighted by Crippen LogP contribution is 2.26. The van der Waals surface area contributed by atoms with Crippen LogP contribution in [0, 0.1) is 0 Å². The summed E-state index contributed by atoms with van der Waals surface area (Å²) in [4.78, 5) is 31.7. The van der Waals surface area contributed by atoms with Gasteiger partial charge >= 0.3 is 0 Å². The molecule has 1 saturated heterocycles. The number of morpholine rings is 1. The van der Waals surface area contributed by atoms with Crippen LogP contribution >= 0.6 is 0 Å². The number of carbonyl (C=O) groups is 2. The lowest BCUT2D eigenvalue weighted by molar-refractivity contribution is -0.134. The van der Waals surface area contributed by atoms with Gasteiger partial charge in [0.25, 0.3) is 0 Å². The summed E-state index contributed by atoms with van der Waals surface area (Å²) in [7, 11) is 0. The van der Waals surface area contributed by atoms with Crippen LogP contribution in [0.4, 0.5) is 11.5 Å². The molecule has 0 spiro atoms. The van der Waals surface area contributed by atoms with Crippen LogP contribution in [0.5, 0.6) is 0 Å². The number of rotatable bonds is 6. The fourth-order valence-corrected chi connectivity index (χ4v) is 3.92. The molecule has 2 aromatic carbocycles. The van der Waals surface area contributed by atoms with E-state index in [1.165, 1.54) is 0 Å². The quantitative estimate of drug-likeness (QED) is 0.442. The van der Waals surface area contributed by atoms with Gasteiger partial charge < -0.3 is 25.3 Å². The Hall–Kier alpha value is -4.25. The lowest BCUT2D eigenvalue weighted by Crippen LogP contribution is -2.41. The fourth-order valence-electron chi connectivity index (χ4n) is 3.92. The van der Waals surface area contributed by atoms with E-state index in [2.05, 4.69) is 20.6 Å². The Balaban J connectivity index is 1.28. The van der Waals surface area contributed by atoms with Crippen LogP contribution in [-0.2, 0) is 27.3 Å². The molecule has 4 aromatic rings. The number of ether oxygens (including phenoxy) is 1. The van der Waals surface area contributed by atoms with Gasteiger partial charge in [0.1, 0.15) is 6.54 Å². The van der Waals surface area contributed by atoms with Crippen molar-refractivity contribution in [2.75, 3.05) is 37.4 Å². The predicted molar refractivity (Wildman–Crippen MR) is 124 cm³/mol. The van der Waals surface area contributed by atoms with Gasteiger partial charge in [-0.05, 0) is 40.1 Å². The first-order valence-electron chi connectivity index (χ1n) is 10.9. The molecule has 174 valence electrons. The number of nitrogens with zero attached hydrogens (tertiary/aromatic N) is 5. The number of hydrogen-bond donors (Lipinski definition) is 2. The smallest absolute Gasteiger partial charge is 0.244 e. The van der Waals surface area contributed by atoms with Gasteiger partial charge in [-0.15, -0.1) is 0 Å². The van der Waals surface area contributed by atoms with E-state index in [1.54, 1.807) is 16.7 Å². The molecule has 11 nitrogen and oxygen atoms in total. The molecule has 0 aliphatic carbocycles. The molecule has 11 heteroatoms. The van der Waals surface area contributed by atoms with Gasteiger partial charge in [0.05, 0.1) is 30.7 Å². The van der Waals surface area contributed by atoms with Crippen molar-refractivity contribution >= 4 is 34.4 Å². The maximum atomic E-state index is 12.9. The second-order valence-corrected chi connectivity index (χ2v) is 7.92. The Morgan fingerprint density at radius 2 is 1.79 bits per heavy atom. The number of para-hydroxylation sites is 2. The predicted octanol–water partition coefficient (Wildman–Crippen LogP) is 1.71. The Labute approximate surface area is 194 Å². The lowest BCUT2D eigenvalue weighted by Gasteiger charge is -2.26. The normalized spacial score (nSPS) is 13.8. The van der Waals surface area contributed by atoms with Crippen molar-refractivity contribution < 1.29 is 19.0 Å². The van der Waals surface area contributed by atoms with E-state index in [9.17, 15) is 9.59 Å². The molecule has 3 heterocycles. The molecule has 0 saturated carbocycles. The maximum absolute atomic E-state index is 12.9. The lowest BCUT2D eigenvalue weighted by atomic mass is 10.1. The monoisotopic (exact) mass is 461 g/mol. The number of carbonyl (C=O) groups excluding carboxylic acids is 2. The third-order valence-electron chi connectivity index (χ3n) is 5.64. The SMILES string of the molecule is Nc1nonc1-c1nc2ccccc2n1CC(=O)Nc1ccc(CC(=O)N2CCOCC2)cc1. The molecule has 34 heavy (non-hydrogen) atoms. The summed E-state index contributed by atoms with van der Waals surface area (Å²) >= 11 is 0. The minimum Gasteiger partial charge on any atom is -0.379 e. The molecule has 3 N–H and O–H groups in total. The van der Waals surface area contributed by atoms with E-state index in [-0.39, 0.29) is 29.9 Å². The highest BCUT2D eigenvalue weighted by molar-refractivity contribution is 5.93. The number of fused-ring (bicyclic) bond motifs is 1. The van der Waals surface area contributed by atoms with E-state index in [1.807, 2.05) is 41.3 Å². The summed E-state index contributed by atoms with van der Waals surface area (Å²) in [6.07, 6.45) is 0.311. The summed E-state index contributed by atoms with van der Waals surface area (Å²) in [5.74, 6) is 0.309. The Kier molecular flexibility index (Phi) is 5.91. The van der Waals surface area contributed by atoms with Gasteiger partial charge in [0.15, 0.2) is 17.3 Å². The van der Waals surface area contributed by atoms with E-state index in [0.29, 0.717) is 49.8 Å². The Bertz CT molecular complexity index is 1320. The Morgan fingerprint density at radius 1 is 1.03 bits per heavy atom. The topological polar surface area (TPSA) is 141 Å². The average molecular weight is 461 g/mol. The van der Waals surface area contributed by atoms with Gasteiger partial charge in [0, 0.05) is 18.8 Å². The van der Waals surface area contributed by atoms with Crippen molar-refractivity contribution in [1.82, 2.24) is 24.8 Å². The highest BCUT2D eigenvalue weighted by Gasteiger charge is 2.21. The number of nitrogens with one attached hydrogen (secondary N) is 1. The molecule has 0 unspecified atom stereocenters. The van der Waals surface area contributed by atoms with Crippen molar-refractivity contribution in [2.45, 2.75) is 13.0 Å². The Morgan fingerprint density at radius 3 is 2.53 bits per heavy atom. The number of anilines is 2. The van der Waals surface area contributed by atoms with Crippen LogP contribution in [0.2, 0.25) is 0 Å². The molecule has 2 amide bonds. The standard InChI is InChI=1S/C23H23N7O4/c24-22-21(27-34-28-22)23-26-17-3-1-2-4-18(17)30(23)14-19(31)25-16-7-5-15(6-8-16)13-20(32)29-9-11-33-12-10-29/h1-8H,9-14H2,(H2,24,28)(H,25,31). The molecule has 5 rings (SSSR count). The molecule has 0 radical (unpaired) electrons. The average Bonchev–Trinajstić information content (AvgIpc) is 3.44. The molecule has 0 atom stereocenters. The zero-order valence-corrected chi connectivity index (χ0v) is 18.3. The number of benzene rings is 2. The summed E-state index contributed by atoms with van der Waals surface area (Å²) in [6.45, 7) is 2.37. The van der Waals surface area contributed by atoms with E-state index in [4.69, 9.17) is 15.1 Å². The van der Waals surface area contributed by atoms with E-state index >= 15 is 0 Å². The van der Waals surface area contributed by atoms with Gasteiger partial charge in [-0.2, -0.15) is 0 Å². The number of nitrogens with two attached hydrogens (primary N) is 1. The third-order valence-corrected chi connectivity index (χ3v) is 5.64. The van der Waals surface area contributed by atoms with E-state index in [0.717, 1.165) is 11.1 Å². The number of imidazole rings is 1. The van der Waals surface area contributed by atoms with Crippen LogP contribution in [-0.4, -0.2) is 62.9 Å². The van der Waals surface area contributed by atoms with Gasteiger partial charge in [-0.1, -0.05) is 24.3 Å². The minimum absolute atomic E-state index is 0.0145. The van der Waals surface area contributed by atoms with Crippen molar-refractivity contribution in [3.8, 4) is 11.5 Å². The van der Waals surface area contributed by atoms with Crippen LogP contribution in [0.1, 0.15) is 5.56 Å². The zero-order valence-electron chi connectivity index (χ0n) is 18.3. The number of amides is 2. The first kappa shape index (κ1) is 21.6. The van der Waals surface area contributed by atoms with Crippen LogP contribution in [0.25, 0.3) is 22.6 Å². The van der Waals surface area contributed by atoms with Crippen LogP contribution < -0.4 is 11.1 Å². The molecule has 1 aliphatic heterocycles. The van der Waals surface area contributed by atoms with Crippen molar-refractivity contribution in [1.29, 1.82) is 0 Å². The first-order chi connectivity index (χ1) is 16.6. The summed E-state index contributed by atoms with van der Waals surface area (Å²) in [5, 5.41) is 10.3. The van der Waals surface area contributed by atoms with Gasteiger partial charge in [0.2, 0.25) is 11.8 Å². The van der Waals surface area contributed by atoms with Crippen molar-refractivity contribution in [3.63, 3.8) is 0 Å². The summed E-state index contributed by atoms with van der Waals surface area (Å²) < 4.78 is 11.7. The minimum atomic E-state index is -0.253. The molecule has 2 aromatic heterocycles. The third kappa shape index (κ3) is 4.46. The molecule has 1 fully saturated rings. The van der Waals surface area contributed by atoms with Gasteiger partial charge in [-0.3, -0.25) is 9.59 Å². The second-order valence-electron chi connectivity index (χ2n) is 7.92. The molecule has 1 aliphatic rings. The highest BCUT2D eigenvalue weighted by atomic mass is 16.6. The summed E-state index contributed by atoms with van der Waals surface area (Å²) in [5.41, 5.74) is 9.10. The van der Waals surface area contributed by atoms with Crippen LogP contribution in [0.3, 0.4) is 0 Å². The fraction of sp³-hybridized carbons (Fsp3) is 0.261. The largest absolute Gasteiger partial charge is 0.379 e. The second kappa shape index (κ2) is 9.32. The van der Waals surface area contributed by atoms with Gasteiger partial charge in [-0.25, -0.2) is 9.61 Å². The number of aromatic nitrogens is 4. The van der Waals surface area contributed by atoms with Crippen LogP contribution in [0.15, 0.2) is 53.2 Å². The summed E-state index contributed by atoms with van der Waals surface area (Å²) in [6, 6.07) is 14.7. The van der Waals surface area contributed by atoms with Crippen molar-refractivity contribution in [2.24, 2.45) is 0 Å². The van der Waals surface area contributed by atoms with E-state index < -0.39 is 0 Å². The first-order valence-corrected chi connectivity index (χ1v) is 10.9. The van der Waals surface area contributed by atoms with Crippen molar-refractivity contribution in [3.05, 3.63) is 54.1 Å². The molecule has 0 bridgehead atoms. The molecular weight excluding hydrogens is 438 g/mol.